The topological polar surface area (TPSA) is 76.7 Å². The minimum absolute atomic E-state index is 0.232. The smallest absolute Gasteiger partial charge is 0.360 e. The molecule has 2 aromatic carbocycles. The average molecular weight is 397 g/mol. The van der Waals surface area contributed by atoms with Crippen LogP contribution in [-0.2, 0) is 15.5 Å². The summed E-state index contributed by atoms with van der Waals surface area (Å²) in [6, 6.07) is 15.6. The lowest BCUT2D eigenvalue weighted by Crippen LogP contribution is -2.29. The quantitative estimate of drug-likeness (QED) is 0.587. The Balaban J connectivity index is 1.48. The van der Waals surface area contributed by atoms with Gasteiger partial charge in [-0.3, -0.25) is 4.18 Å². The zero-order valence-corrected chi connectivity index (χ0v) is 15.7. The summed E-state index contributed by atoms with van der Waals surface area (Å²) in [5.41, 5.74) is 0.751. The minimum atomic E-state index is -1.84. The molecule has 2 aromatic rings. The number of hydrogen-bond donors (Lipinski definition) is 2. The van der Waals surface area contributed by atoms with Crippen LogP contribution in [0, 0.1) is 0 Å². The second kappa shape index (κ2) is 11.5. The number of hydrogen-bond acceptors (Lipinski definition) is 4. The Morgan fingerprint density at radius 1 is 1.00 bits per heavy atom. The molecule has 0 saturated heterocycles. The normalized spacial score (nSPS) is 11.6. The Kier molecular flexibility index (Phi) is 8.95. The molecular weight excluding hydrogens is 376 g/mol. The fourth-order valence-electron chi connectivity index (χ4n) is 2.02. The third kappa shape index (κ3) is 8.33. The number of nitrogens with one attached hydrogen (secondary N) is 2. The molecule has 0 aliphatic rings. The van der Waals surface area contributed by atoms with Crippen LogP contribution in [0.1, 0.15) is 19.3 Å². The van der Waals surface area contributed by atoms with Crippen LogP contribution in [0.5, 0.6) is 5.75 Å². The number of benzene rings is 2. The van der Waals surface area contributed by atoms with Gasteiger partial charge in [0.05, 0.1) is 6.61 Å². The maximum atomic E-state index is 11.7. The third-order valence-corrected chi connectivity index (χ3v) is 4.24. The second-order valence-electron chi connectivity index (χ2n) is 5.37. The van der Waals surface area contributed by atoms with E-state index in [1.165, 1.54) is 0 Å². The van der Waals surface area contributed by atoms with Crippen LogP contribution in [0.3, 0.4) is 0 Å². The van der Waals surface area contributed by atoms with Crippen LogP contribution in [0.15, 0.2) is 54.6 Å². The summed E-state index contributed by atoms with van der Waals surface area (Å²) in [4.78, 5) is 11.7. The maximum absolute atomic E-state index is 11.7. The van der Waals surface area contributed by atoms with E-state index >= 15 is 0 Å². The Bertz CT molecular complexity index is 698. The van der Waals surface area contributed by atoms with E-state index in [1.54, 1.807) is 24.3 Å². The van der Waals surface area contributed by atoms with Crippen molar-refractivity contribution in [1.82, 2.24) is 5.32 Å². The molecule has 0 aliphatic heterocycles. The monoisotopic (exact) mass is 396 g/mol. The summed E-state index contributed by atoms with van der Waals surface area (Å²) in [5.74, 6) is 0.432. The van der Waals surface area contributed by atoms with E-state index in [9.17, 15) is 9.00 Å². The maximum Gasteiger partial charge on any atom is 0.360 e. The van der Waals surface area contributed by atoms with Gasteiger partial charge in [0.2, 0.25) is 0 Å². The van der Waals surface area contributed by atoms with Gasteiger partial charge in [0.25, 0.3) is 0 Å². The second-order valence-corrected chi connectivity index (χ2v) is 6.62. The largest absolute Gasteiger partial charge is 0.380 e. The molecule has 0 saturated carbocycles. The zero-order chi connectivity index (χ0) is 18.6. The number of anilines is 1. The Labute approximate surface area is 160 Å². The predicted octanol–water partition coefficient (Wildman–Crippen LogP) is 4.31. The van der Waals surface area contributed by atoms with Crippen LogP contribution in [-0.4, -0.2) is 23.4 Å². The third-order valence-electron chi connectivity index (χ3n) is 3.30. The molecule has 1 atom stereocenters. The van der Waals surface area contributed by atoms with Gasteiger partial charge in [-0.25, -0.2) is 4.79 Å². The van der Waals surface area contributed by atoms with Gasteiger partial charge in [0.15, 0.2) is 0 Å². The van der Waals surface area contributed by atoms with Crippen molar-refractivity contribution in [3.8, 4) is 5.75 Å². The van der Waals surface area contributed by atoms with Crippen molar-refractivity contribution in [1.29, 1.82) is 0 Å². The van der Waals surface area contributed by atoms with Crippen molar-refractivity contribution >= 4 is 34.7 Å². The molecular formula is C18H21ClN2O4S. The molecule has 0 fully saturated rings. The molecule has 1 unspecified atom stereocenters. The van der Waals surface area contributed by atoms with Crippen molar-refractivity contribution in [2.24, 2.45) is 0 Å². The van der Waals surface area contributed by atoms with Crippen molar-refractivity contribution in [3.63, 3.8) is 0 Å². The van der Waals surface area contributed by atoms with Gasteiger partial charge in [-0.1, -0.05) is 29.8 Å². The van der Waals surface area contributed by atoms with Crippen LogP contribution in [0.25, 0.3) is 0 Å². The first-order chi connectivity index (χ1) is 12.6. The van der Waals surface area contributed by atoms with Gasteiger partial charge in [-0.15, -0.1) is 0 Å². The van der Waals surface area contributed by atoms with E-state index in [1.807, 2.05) is 30.3 Å². The lowest BCUT2D eigenvalue weighted by molar-refractivity contribution is 0.251. The van der Waals surface area contributed by atoms with E-state index in [-0.39, 0.29) is 6.03 Å². The van der Waals surface area contributed by atoms with E-state index < -0.39 is 11.4 Å². The Morgan fingerprint density at radius 2 is 1.73 bits per heavy atom. The van der Waals surface area contributed by atoms with Gasteiger partial charge < -0.3 is 14.8 Å². The Hall–Kier alpha value is -2.09. The van der Waals surface area contributed by atoms with Crippen LogP contribution in [0.2, 0.25) is 5.02 Å². The number of unbranched alkanes of at least 4 members (excludes halogenated alkanes) is 2. The molecule has 6 nitrogen and oxygen atoms in total. The molecule has 8 heteroatoms. The van der Waals surface area contributed by atoms with Crippen LogP contribution < -0.4 is 14.8 Å². The summed E-state index contributed by atoms with van der Waals surface area (Å²) in [6.07, 6.45) is 2.36. The van der Waals surface area contributed by atoms with Gasteiger partial charge in [-0.2, -0.15) is 4.21 Å². The molecule has 0 bridgehead atoms. The first-order valence-corrected chi connectivity index (χ1v) is 9.60. The standard InChI is InChI=1S/C18H21ClN2O4S/c19-15-9-11-17(12-10-15)25-26(23)24-14-6-2-5-13-20-18(22)21-16-7-3-1-4-8-16/h1,3-4,7-12H,2,5-6,13-14H2,(H2,20,21,22). The first kappa shape index (κ1) is 20.2. The predicted molar refractivity (Wildman–Crippen MR) is 103 cm³/mol. The van der Waals surface area contributed by atoms with Crippen molar-refractivity contribution < 1.29 is 17.4 Å². The van der Waals surface area contributed by atoms with Crippen molar-refractivity contribution in [3.05, 3.63) is 59.6 Å². The van der Waals surface area contributed by atoms with Crippen molar-refractivity contribution in [2.75, 3.05) is 18.5 Å². The molecule has 0 heterocycles. The summed E-state index contributed by atoms with van der Waals surface area (Å²) >= 11 is 3.92. The average Bonchev–Trinajstić information content (AvgIpc) is 2.63. The summed E-state index contributed by atoms with van der Waals surface area (Å²) in [6.45, 7) is 0.874. The van der Waals surface area contributed by atoms with Gasteiger partial charge in [-0.05, 0) is 55.7 Å². The highest BCUT2D eigenvalue weighted by atomic mass is 35.5. The number of rotatable bonds is 10. The Morgan fingerprint density at radius 3 is 2.46 bits per heavy atom. The van der Waals surface area contributed by atoms with Gasteiger partial charge in [0, 0.05) is 17.3 Å². The molecule has 0 radical (unpaired) electrons. The lowest BCUT2D eigenvalue weighted by Gasteiger charge is -2.07. The molecule has 2 N–H and O–H groups in total. The summed E-state index contributed by atoms with van der Waals surface area (Å²) in [5, 5.41) is 6.11. The molecule has 0 aliphatic carbocycles. The highest BCUT2D eigenvalue weighted by Gasteiger charge is 2.04. The van der Waals surface area contributed by atoms with Gasteiger partial charge >= 0.3 is 17.4 Å². The molecule has 140 valence electrons. The van der Waals surface area contributed by atoms with E-state index in [4.69, 9.17) is 20.0 Å². The number of halogens is 1. The number of carbonyl (C=O) groups is 1. The first-order valence-electron chi connectivity index (χ1n) is 8.22. The highest BCUT2D eigenvalue weighted by molar-refractivity contribution is 7.75. The van der Waals surface area contributed by atoms with Crippen LogP contribution in [0.4, 0.5) is 10.5 Å². The van der Waals surface area contributed by atoms with E-state index in [0.717, 1.165) is 24.9 Å². The van der Waals surface area contributed by atoms with E-state index in [2.05, 4.69) is 10.6 Å². The molecule has 0 aromatic heterocycles. The molecule has 26 heavy (non-hydrogen) atoms. The lowest BCUT2D eigenvalue weighted by atomic mass is 10.2. The fourth-order valence-corrected chi connectivity index (χ4v) is 2.72. The zero-order valence-electron chi connectivity index (χ0n) is 14.2. The summed E-state index contributed by atoms with van der Waals surface area (Å²) < 4.78 is 21.8. The number of urea groups is 1. The highest BCUT2D eigenvalue weighted by Crippen LogP contribution is 2.16. The molecule has 2 rings (SSSR count). The minimum Gasteiger partial charge on any atom is -0.380 e. The molecule has 0 spiro atoms. The van der Waals surface area contributed by atoms with Crippen LogP contribution >= 0.6 is 11.6 Å². The summed E-state index contributed by atoms with van der Waals surface area (Å²) in [7, 11) is 0. The van der Waals surface area contributed by atoms with Gasteiger partial charge in [0.1, 0.15) is 5.75 Å². The SMILES string of the molecule is O=C(NCCCCCOS(=O)Oc1ccc(Cl)cc1)Nc1ccccc1. The number of para-hydroxylation sites is 1. The van der Waals surface area contributed by atoms with Crippen molar-refractivity contribution in [2.45, 2.75) is 19.3 Å². The number of carbonyl (C=O) groups excluding carboxylic acids is 1. The fraction of sp³-hybridized carbons (Fsp3) is 0.278. The molecule has 2 amide bonds. The number of amides is 2. The van der Waals surface area contributed by atoms with E-state index in [0.29, 0.717) is 23.9 Å².